The second-order valence-electron chi connectivity index (χ2n) is 6.37. The van der Waals surface area contributed by atoms with Crippen molar-refractivity contribution in [2.24, 2.45) is 0 Å². The van der Waals surface area contributed by atoms with Crippen LogP contribution in [0.2, 0.25) is 0 Å². The van der Waals surface area contributed by atoms with Crippen LogP contribution in [-0.4, -0.2) is 55.9 Å². The van der Waals surface area contributed by atoms with Crippen molar-refractivity contribution in [1.29, 1.82) is 0 Å². The molecule has 150 valence electrons. The van der Waals surface area contributed by atoms with E-state index in [9.17, 15) is 14.0 Å². The summed E-state index contributed by atoms with van der Waals surface area (Å²) in [5.74, 6) is -0.389. The quantitative estimate of drug-likeness (QED) is 0.761. The number of rotatable bonds is 5. The maximum Gasteiger partial charge on any atom is 0.328 e. The molecule has 1 atom stereocenters. The van der Waals surface area contributed by atoms with Gasteiger partial charge in [-0.1, -0.05) is 0 Å². The van der Waals surface area contributed by atoms with Crippen LogP contribution in [0.15, 0.2) is 24.3 Å². The van der Waals surface area contributed by atoms with Crippen LogP contribution in [0.3, 0.4) is 0 Å². The number of hydrogen-bond donors (Lipinski definition) is 2. The maximum absolute atomic E-state index is 14.6. The molecule has 2 N–H and O–H groups in total. The SMILES string of the molecule is CCOC(=O)C(C)NC(=O)Nc1cc(F)c2nc(N3CCOCC3)ccc2c1. The van der Waals surface area contributed by atoms with Crippen LogP contribution in [0.1, 0.15) is 13.8 Å². The van der Waals surface area contributed by atoms with Crippen LogP contribution in [0, 0.1) is 5.82 Å². The molecule has 1 fully saturated rings. The number of esters is 1. The third kappa shape index (κ3) is 4.66. The summed E-state index contributed by atoms with van der Waals surface area (Å²) in [6.07, 6.45) is 0. The van der Waals surface area contributed by atoms with Gasteiger partial charge in [-0.25, -0.2) is 19.0 Å². The number of ether oxygens (including phenoxy) is 2. The molecule has 9 heteroatoms. The molecule has 2 amide bonds. The fourth-order valence-corrected chi connectivity index (χ4v) is 2.91. The van der Waals surface area contributed by atoms with Crippen LogP contribution < -0.4 is 15.5 Å². The van der Waals surface area contributed by atoms with Gasteiger partial charge in [0, 0.05) is 24.2 Å². The number of fused-ring (bicyclic) bond motifs is 1. The first kappa shape index (κ1) is 19.8. The number of nitrogens with one attached hydrogen (secondary N) is 2. The topological polar surface area (TPSA) is 92.8 Å². The Kier molecular flexibility index (Phi) is 6.25. The average Bonchev–Trinajstić information content (AvgIpc) is 2.68. The summed E-state index contributed by atoms with van der Waals surface area (Å²) in [5.41, 5.74) is 0.495. The Labute approximate surface area is 162 Å². The minimum atomic E-state index is -0.817. The largest absolute Gasteiger partial charge is 0.464 e. The van der Waals surface area contributed by atoms with Crippen molar-refractivity contribution in [2.75, 3.05) is 43.1 Å². The molecular formula is C19H23FN4O4. The van der Waals surface area contributed by atoms with Crippen molar-refractivity contribution in [1.82, 2.24) is 10.3 Å². The van der Waals surface area contributed by atoms with Gasteiger partial charge < -0.3 is 25.0 Å². The van der Waals surface area contributed by atoms with Gasteiger partial charge in [-0.2, -0.15) is 0 Å². The van der Waals surface area contributed by atoms with Crippen LogP contribution in [0.4, 0.5) is 20.7 Å². The number of nitrogens with zero attached hydrogens (tertiary/aromatic N) is 2. The van der Waals surface area contributed by atoms with E-state index in [0.29, 0.717) is 37.5 Å². The van der Waals surface area contributed by atoms with Gasteiger partial charge in [0.25, 0.3) is 0 Å². The fourth-order valence-electron chi connectivity index (χ4n) is 2.91. The zero-order chi connectivity index (χ0) is 20.1. The molecule has 1 aromatic heterocycles. The number of carbonyl (C=O) groups is 2. The van der Waals surface area contributed by atoms with Crippen molar-refractivity contribution in [3.8, 4) is 0 Å². The molecule has 1 saturated heterocycles. The number of benzene rings is 1. The highest BCUT2D eigenvalue weighted by molar-refractivity contribution is 5.95. The van der Waals surface area contributed by atoms with Gasteiger partial charge in [-0.05, 0) is 38.1 Å². The molecule has 2 heterocycles. The summed E-state index contributed by atoms with van der Waals surface area (Å²) in [5, 5.41) is 5.54. The molecule has 0 aliphatic carbocycles. The number of aromatic nitrogens is 1. The number of morpholine rings is 1. The van der Waals surface area contributed by atoms with Crippen molar-refractivity contribution >= 4 is 34.4 Å². The predicted molar refractivity (Wildman–Crippen MR) is 103 cm³/mol. The number of pyridine rings is 1. The van der Waals surface area contributed by atoms with Gasteiger partial charge in [0.05, 0.1) is 19.8 Å². The van der Waals surface area contributed by atoms with Crippen LogP contribution in [-0.2, 0) is 14.3 Å². The van der Waals surface area contributed by atoms with Gasteiger partial charge in [0.2, 0.25) is 0 Å². The van der Waals surface area contributed by atoms with E-state index in [1.807, 2.05) is 11.0 Å². The zero-order valence-corrected chi connectivity index (χ0v) is 15.8. The Morgan fingerprint density at radius 1 is 1.32 bits per heavy atom. The number of halogens is 1. The molecule has 2 aromatic rings. The van der Waals surface area contributed by atoms with E-state index < -0.39 is 23.9 Å². The lowest BCUT2D eigenvalue weighted by Crippen LogP contribution is -2.41. The van der Waals surface area contributed by atoms with E-state index in [4.69, 9.17) is 9.47 Å². The third-order valence-corrected chi connectivity index (χ3v) is 4.31. The molecule has 3 rings (SSSR count). The number of carbonyl (C=O) groups excluding carboxylic acids is 2. The Morgan fingerprint density at radius 3 is 2.79 bits per heavy atom. The highest BCUT2D eigenvalue weighted by Crippen LogP contribution is 2.25. The first-order valence-corrected chi connectivity index (χ1v) is 9.15. The molecule has 28 heavy (non-hydrogen) atoms. The summed E-state index contributed by atoms with van der Waals surface area (Å²) in [6.45, 7) is 6.06. The Bertz CT molecular complexity index is 870. The summed E-state index contributed by atoms with van der Waals surface area (Å²) in [4.78, 5) is 30.1. The van der Waals surface area contributed by atoms with E-state index in [-0.39, 0.29) is 17.8 Å². The van der Waals surface area contributed by atoms with E-state index in [1.54, 1.807) is 19.1 Å². The smallest absolute Gasteiger partial charge is 0.328 e. The Hall–Kier alpha value is -2.94. The zero-order valence-electron chi connectivity index (χ0n) is 15.8. The molecule has 1 unspecified atom stereocenters. The van der Waals surface area contributed by atoms with E-state index >= 15 is 0 Å². The van der Waals surface area contributed by atoms with Crippen LogP contribution >= 0.6 is 0 Å². The monoisotopic (exact) mass is 390 g/mol. The van der Waals surface area contributed by atoms with Crippen molar-refractivity contribution < 1.29 is 23.5 Å². The molecule has 0 saturated carbocycles. The van der Waals surface area contributed by atoms with Crippen LogP contribution in [0.25, 0.3) is 10.9 Å². The fraction of sp³-hybridized carbons (Fsp3) is 0.421. The third-order valence-electron chi connectivity index (χ3n) is 4.31. The number of anilines is 2. The first-order chi connectivity index (χ1) is 13.5. The van der Waals surface area contributed by atoms with Gasteiger partial charge in [0.1, 0.15) is 17.4 Å². The molecule has 1 aliphatic heterocycles. The maximum atomic E-state index is 14.6. The average molecular weight is 390 g/mol. The Balaban J connectivity index is 1.72. The van der Waals surface area contributed by atoms with Gasteiger partial charge in [-0.15, -0.1) is 0 Å². The molecule has 1 aromatic carbocycles. The van der Waals surface area contributed by atoms with Crippen molar-refractivity contribution in [3.05, 3.63) is 30.1 Å². The lowest BCUT2D eigenvalue weighted by Gasteiger charge is -2.28. The molecule has 0 spiro atoms. The number of amides is 2. The highest BCUT2D eigenvalue weighted by atomic mass is 19.1. The predicted octanol–water partition coefficient (Wildman–Crippen LogP) is 2.28. The molecule has 0 radical (unpaired) electrons. The minimum absolute atomic E-state index is 0.224. The molecule has 0 bridgehead atoms. The highest BCUT2D eigenvalue weighted by Gasteiger charge is 2.18. The molecule has 1 aliphatic rings. The normalized spacial score (nSPS) is 15.2. The van der Waals surface area contributed by atoms with E-state index in [1.165, 1.54) is 13.0 Å². The van der Waals surface area contributed by atoms with Crippen LogP contribution in [0.5, 0.6) is 0 Å². The second kappa shape index (κ2) is 8.83. The van der Waals surface area contributed by atoms with E-state index in [0.717, 1.165) is 0 Å². The van der Waals surface area contributed by atoms with Gasteiger partial charge >= 0.3 is 12.0 Å². The van der Waals surface area contributed by atoms with Crippen molar-refractivity contribution in [3.63, 3.8) is 0 Å². The van der Waals surface area contributed by atoms with Crippen molar-refractivity contribution in [2.45, 2.75) is 19.9 Å². The minimum Gasteiger partial charge on any atom is -0.464 e. The van der Waals surface area contributed by atoms with Gasteiger partial charge in [-0.3, -0.25) is 0 Å². The summed E-state index contributed by atoms with van der Waals surface area (Å²) >= 11 is 0. The Morgan fingerprint density at radius 2 is 2.07 bits per heavy atom. The molecular weight excluding hydrogens is 367 g/mol. The number of hydrogen-bond acceptors (Lipinski definition) is 6. The lowest BCUT2D eigenvalue weighted by atomic mass is 10.2. The summed E-state index contributed by atoms with van der Waals surface area (Å²) in [6, 6.07) is 4.97. The molecule has 8 nitrogen and oxygen atoms in total. The standard InChI is InChI=1S/C19H23FN4O4/c1-3-28-18(25)12(2)21-19(26)22-14-10-13-4-5-16(23-17(13)15(20)11-14)24-6-8-27-9-7-24/h4-5,10-12H,3,6-9H2,1-2H3,(H2,21,22,26). The van der Waals surface area contributed by atoms with E-state index in [2.05, 4.69) is 15.6 Å². The summed E-state index contributed by atoms with van der Waals surface area (Å²) in [7, 11) is 0. The second-order valence-corrected chi connectivity index (χ2v) is 6.37. The lowest BCUT2D eigenvalue weighted by molar-refractivity contribution is -0.144. The first-order valence-electron chi connectivity index (χ1n) is 9.15. The number of urea groups is 1. The summed E-state index contributed by atoms with van der Waals surface area (Å²) < 4.78 is 24.7. The van der Waals surface area contributed by atoms with Gasteiger partial charge in [0.15, 0.2) is 5.82 Å².